The Labute approximate surface area is 104 Å². The molecule has 0 atom stereocenters. The van der Waals surface area contributed by atoms with Crippen molar-refractivity contribution in [3.8, 4) is 6.07 Å². The summed E-state index contributed by atoms with van der Waals surface area (Å²) in [5.41, 5.74) is 1.31. The second-order valence-corrected chi connectivity index (χ2v) is 3.87. The normalized spacial score (nSPS) is 9.94. The first-order valence-corrected chi connectivity index (χ1v) is 5.35. The molecule has 5 nitrogen and oxygen atoms in total. The van der Waals surface area contributed by atoms with Gasteiger partial charge in [-0.2, -0.15) is 10.4 Å². The highest BCUT2D eigenvalue weighted by molar-refractivity contribution is 6.33. The van der Waals surface area contributed by atoms with E-state index in [4.69, 9.17) is 16.9 Å². The van der Waals surface area contributed by atoms with E-state index in [1.807, 2.05) is 13.1 Å². The lowest BCUT2D eigenvalue weighted by Gasteiger charge is -2.07. The zero-order valence-corrected chi connectivity index (χ0v) is 9.94. The molecule has 1 aromatic carbocycles. The fraction of sp³-hybridized carbons (Fsp3) is 0.182. The minimum Gasteiger partial charge on any atom is -0.377 e. The van der Waals surface area contributed by atoms with Gasteiger partial charge in [-0.15, -0.1) is 0 Å². The number of nitriles is 1. The van der Waals surface area contributed by atoms with Gasteiger partial charge in [-0.05, 0) is 18.2 Å². The third-order valence-corrected chi connectivity index (χ3v) is 2.65. The molecule has 0 aliphatic rings. The number of hydrogen-bond donors (Lipinski definition) is 1. The lowest BCUT2D eigenvalue weighted by Crippen LogP contribution is -2.07. The lowest BCUT2D eigenvalue weighted by atomic mass is 10.2. The van der Waals surface area contributed by atoms with Gasteiger partial charge in [0.05, 0.1) is 28.9 Å². The molecule has 1 aromatic heterocycles. The molecule has 0 bridgehead atoms. The summed E-state index contributed by atoms with van der Waals surface area (Å²) in [6.45, 7) is 0.530. The fourth-order valence-electron chi connectivity index (χ4n) is 1.38. The van der Waals surface area contributed by atoms with Gasteiger partial charge in [-0.25, -0.2) is 4.98 Å². The Morgan fingerprint density at radius 2 is 2.35 bits per heavy atom. The predicted octanol–water partition coefficient (Wildman–Crippen LogP) is 1.95. The van der Waals surface area contributed by atoms with Gasteiger partial charge < -0.3 is 5.32 Å². The monoisotopic (exact) mass is 247 g/mol. The molecular formula is C11H10ClN5. The van der Waals surface area contributed by atoms with Crippen LogP contribution in [-0.2, 0) is 13.6 Å². The smallest absolute Gasteiger partial charge is 0.145 e. The first-order valence-electron chi connectivity index (χ1n) is 4.97. The number of rotatable bonds is 3. The summed E-state index contributed by atoms with van der Waals surface area (Å²) < 4.78 is 1.69. The van der Waals surface area contributed by atoms with E-state index in [9.17, 15) is 0 Å². The van der Waals surface area contributed by atoms with Crippen LogP contribution < -0.4 is 5.32 Å². The maximum Gasteiger partial charge on any atom is 0.145 e. The van der Waals surface area contributed by atoms with Crippen molar-refractivity contribution in [2.45, 2.75) is 6.54 Å². The molecule has 0 amide bonds. The van der Waals surface area contributed by atoms with Crippen molar-refractivity contribution in [2.24, 2.45) is 7.05 Å². The summed E-state index contributed by atoms with van der Waals surface area (Å²) in [5.74, 6) is 0.811. The van der Waals surface area contributed by atoms with Gasteiger partial charge >= 0.3 is 0 Å². The number of halogens is 1. The van der Waals surface area contributed by atoms with Crippen molar-refractivity contribution >= 4 is 17.3 Å². The molecule has 2 rings (SSSR count). The first-order chi connectivity index (χ1) is 8.20. The number of aromatic nitrogens is 3. The van der Waals surface area contributed by atoms with Crippen molar-refractivity contribution in [1.82, 2.24) is 14.8 Å². The molecule has 1 heterocycles. The van der Waals surface area contributed by atoms with Crippen molar-refractivity contribution in [1.29, 1.82) is 5.26 Å². The molecule has 0 saturated carbocycles. The highest BCUT2D eigenvalue weighted by atomic mass is 35.5. The summed E-state index contributed by atoms with van der Waals surface area (Å²) >= 11 is 6.03. The van der Waals surface area contributed by atoms with Crippen LogP contribution in [0, 0.1) is 11.3 Å². The summed E-state index contributed by atoms with van der Waals surface area (Å²) in [5, 5.41) is 16.3. The highest BCUT2D eigenvalue weighted by Crippen LogP contribution is 2.23. The van der Waals surface area contributed by atoms with Gasteiger partial charge in [0, 0.05) is 7.05 Å². The van der Waals surface area contributed by atoms with Gasteiger partial charge in [-0.1, -0.05) is 11.6 Å². The van der Waals surface area contributed by atoms with Crippen molar-refractivity contribution in [3.05, 3.63) is 40.9 Å². The Morgan fingerprint density at radius 1 is 1.53 bits per heavy atom. The maximum absolute atomic E-state index is 8.72. The molecule has 86 valence electrons. The van der Waals surface area contributed by atoms with E-state index in [1.165, 1.54) is 6.33 Å². The molecule has 0 radical (unpaired) electrons. The van der Waals surface area contributed by atoms with E-state index in [0.29, 0.717) is 17.1 Å². The Morgan fingerprint density at radius 3 is 2.94 bits per heavy atom. The molecule has 0 aliphatic heterocycles. The van der Waals surface area contributed by atoms with Gasteiger partial charge in [0.1, 0.15) is 12.2 Å². The molecule has 1 N–H and O–H groups in total. The maximum atomic E-state index is 8.72. The van der Waals surface area contributed by atoms with Crippen molar-refractivity contribution in [3.63, 3.8) is 0 Å². The molecule has 0 fully saturated rings. The van der Waals surface area contributed by atoms with E-state index in [1.54, 1.807) is 22.9 Å². The molecule has 0 spiro atoms. The van der Waals surface area contributed by atoms with E-state index in [0.717, 1.165) is 11.5 Å². The molecular weight excluding hydrogens is 238 g/mol. The van der Waals surface area contributed by atoms with Gasteiger partial charge in [0.25, 0.3) is 0 Å². The second kappa shape index (κ2) is 4.85. The van der Waals surface area contributed by atoms with E-state index >= 15 is 0 Å². The molecule has 17 heavy (non-hydrogen) atoms. The Kier molecular flexibility index (Phi) is 3.26. The Balaban J connectivity index is 2.10. The molecule has 0 saturated heterocycles. The highest BCUT2D eigenvalue weighted by Gasteiger charge is 2.04. The zero-order chi connectivity index (χ0) is 12.3. The van der Waals surface area contributed by atoms with Crippen LogP contribution in [0.5, 0.6) is 0 Å². The lowest BCUT2D eigenvalue weighted by molar-refractivity contribution is 0.712. The number of aryl methyl sites for hydroxylation is 1. The van der Waals surface area contributed by atoms with E-state index < -0.39 is 0 Å². The summed E-state index contributed by atoms with van der Waals surface area (Å²) in [6.07, 6.45) is 1.50. The first kappa shape index (κ1) is 11.4. The Hall–Kier alpha value is -2.06. The molecule has 0 unspecified atom stereocenters. The quantitative estimate of drug-likeness (QED) is 0.900. The molecule has 6 heteroatoms. The van der Waals surface area contributed by atoms with Gasteiger partial charge in [0.2, 0.25) is 0 Å². The summed E-state index contributed by atoms with van der Waals surface area (Å²) in [7, 11) is 1.82. The van der Waals surface area contributed by atoms with E-state index in [-0.39, 0.29) is 0 Å². The van der Waals surface area contributed by atoms with Crippen LogP contribution in [0.4, 0.5) is 5.69 Å². The summed E-state index contributed by atoms with van der Waals surface area (Å²) in [4.78, 5) is 4.09. The molecule has 0 aliphatic carbocycles. The fourth-order valence-corrected chi connectivity index (χ4v) is 1.63. The van der Waals surface area contributed by atoms with Gasteiger partial charge in [-0.3, -0.25) is 4.68 Å². The van der Waals surface area contributed by atoms with Crippen LogP contribution in [0.2, 0.25) is 5.02 Å². The number of hydrogen-bond acceptors (Lipinski definition) is 4. The van der Waals surface area contributed by atoms with Crippen LogP contribution in [0.25, 0.3) is 0 Å². The zero-order valence-electron chi connectivity index (χ0n) is 9.18. The largest absolute Gasteiger partial charge is 0.377 e. The topological polar surface area (TPSA) is 66.5 Å². The SMILES string of the molecule is Cn1ncnc1CNc1ccc(C#N)cc1Cl. The Bertz CT molecular complexity index is 569. The van der Waals surface area contributed by atoms with Gasteiger partial charge in [0.15, 0.2) is 0 Å². The predicted molar refractivity (Wildman–Crippen MR) is 64.5 cm³/mol. The third-order valence-electron chi connectivity index (χ3n) is 2.34. The van der Waals surface area contributed by atoms with Crippen LogP contribution in [0.3, 0.4) is 0 Å². The second-order valence-electron chi connectivity index (χ2n) is 3.46. The minimum absolute atomic E-state index is 0.520. The average molecular weight is 248 g/mol. The number of nitrogens with one attached hydrogen (secondary N) is 1. The van der Waals surface area contributed by atoms with Crippen LogP contribution in [0.1, 0.15) is 11.4 Å². The number of benzene rings is 1. The third kappa shape index (κ3) is 2.55. The van der Waals surface area contributed by atoms with Crippen LogP contribution >= 0.6 is 11.6 Å². The minimum atomic E-state index is 0.520. The van der Waals surface area contributed by atoms with Crippen LogP contribution in [0.15, 0.2) is 24.5 Å². The number of anilines is 1. The van der Waals surface area contributed by atoms with Crippen LogP contribution in [-0.4, -0.2) is 14.8 Å². The number of nitrogens with zero attached hydrogens (tertiary/aromatic N) is 4. The van der Waals surface area contributed by atoms with E-state index in [2.05, 4.69) is 15.4 Å². The average Bonchev–Trinajstić information content (AvgIpc) is 2.73. The van der Waals surface area contributed by atoms with Crippen molar-refractivity contribution < 1.29 is 0 Å². The molecule has 2 aromatic rings. The summed E-state index contributed by atoms with van der Waals surface area (Å²) in [6, 6.07) is 7.15. The standard InChI is InChI=1S/C11H10ClN5/c1-17-11(15-7-16-17)6-14-10-3-2-8(5-13)4-9(10)12/h2-4,7,14H,6H2,1H3. The van der Waals surface area contributed by atoms with Crippen molar-refractivity contribution in [2.75, 3.05) is 5.32 Å².